The van der Waals surface area contributed by atoms with Crippen LogP contribution in [0, 0.1) is 0 Å². The number of hydrogen-bond donors (Lipinski definition) is 5. The van der Waals surface area contributed by atoms with Crippen molar-refractivity contribution in [3.05, 3.63) is 0 Å². The quantitative estimate of drug-likeness (QED) is 0.254. The lowest BCUT2D eigenvalue weighted by atomic mass is 10.6. The second kappa shape index (κ2) is 2.79. The van der Waals surface area contributed by atoms with Crippen LogP contribution in [0.15, 0.2) is 0 Å². The first-order valence-corrected chi connectivity index (χ1v) is 2.94. The van der Waals surface area contributed by atoms with Crippen molar-refractivity contribution in [3.63, 3.8) is 0 Å². The fourth-order valence-electron chi connectivity index (χ4n) is 0.738. The molecule has 0 atom stereocenters. The van der Waals surface area contributed by atoms with Gasteiger partial charge in [-0.25, -0.2) is 4.90 Å². The van der Waals surface area contributed by atoms with Gasteiger partial charge in [0.2, 0.25) is 0 Å². The van der Waals surface area contributed by atoms with Gasteiger partial charge in [0.1, 0.15) is 0 Å². The average Bonchev–Trinajstić information content (AvgIpc) is 1.88. The van der Waals surface area contributed by atoms with E-state index < -0.39 is 6.10 Å². The maximum Gasteiger partial charge on any atom is 0.347 e. The number of aliphatic hydroxyl groups is 3. The Kier molecular flexibility index (Phi) is 2.19. The number of rotatable bonds is 1. The fraction of sp³-hybridized carbons (Fsp3) is 1.00. The fourth-order valence-corrected chi connectivity index (χ4v) is 0.738. The zero-order valence-corrected chi connectivity index (χ0v) is 5.41. The zero-order chi connectivity index (χ0) is 7.61. The summed E-state index contributed by atoms with van der Waals surface area (Å²) in [6, 6.07) is 0. The highest BCUT2D eigenvalue weighted by Gasteiger charge is 2.29. The van der Waals surface area contributed by atoms with E-state index in [1.807, 2.05) is 0 Å². The summed E-state index contributed by atoms with van der Waals surface area (Å²) in [5.74, 6) is 0. The highest BCUT2D eigenvalue weighted by atomic mass is 16.7. The molecule has 0 aliphatic carbocycles. The van der Waals surface area contributed by atoms with Gasteiger partial charge in [0.05, 0.1) is 13.3 Å². The van der Waals surface area contributed by atoms with E-state index >= 15 is 0 Å². The van der Waals surface area contributed by atoms with E-state index in [9.17, 15) is 0 Å². The summed E-state index contributed by atoms with van der Waals surface area (Å²) in [6.45, 7) is 1.10. The minimum atomic E-state index is -2.72. The molecule has 5 N–H and O–H groups in total. The van der Waals surface area contributed by atoms with Crippen LogP contribution < -0.4 is 10.6 Å². The lowest BCUT2D eigenvalue weighted by Crippen LogP contribution is -2.60. The van der Waals surface area contributed by atoms with Gasteiger partial charge < -0.3 is 15.3 Å². The summed E-state index contributed by atoms with van der Waals surface area (Å²) >= 11 is 0. The molecule has 0 saturated carbocycles. The molecule has 6 heteroatoms. The first-order valence-electron chi connectivity index (χ1n) is 2.94. The third kappa shape index (κ3) is 1.87. The van der Waals surface area contributed by atoms with Gasteiger partial charge in [-0.1, -0.05) is 0 Å². The molecule has 1 rings (SSSR count). The maximum absolute atomic E-state index is 8.60. The van der Waals surface area contributed by atoms with Gasteiger partial charge >= 0.3 is 6.10 Å². The summed E-state index contributed by atoms with van der Waals surface area (Å²) in [6.07, 6.45) is -2.72. The molecular weight excluding hydrogens is 138 g/mol. The van der Waals surface area contributed by atoms with Crippen LogP contribution in [0.2, 0.25) is 0 Å². The number of nitrogens with one attached hydrogen (secondary N) is 2. The molecule has 0 aromatic rings. The van der Waals surface area contributed by atoms with E-state index in [1.54, 1.807) is 0 Å². The van der Waals surface area contributed by atoms with Crippen LogP contribution in [0.25, 0.3) is 0 Å². The van der Waals surface area contributed by atoms with E-state index in [0.29, 0.717) is 6.67 Å². The summed E-state index contributed by atoms with van der Waals surface area (Å²) < 4.78 is 0. The van der Waals surface area contributed by atoms with Gasteiger partial charge in [-0.15, -0.1) is 0 Å². The normalized spacial score (nSPS) is 23.1. The molecule has 60 valence electrons. The first-order chi connectivity index (χ1) is 4.61. The smallest absolute Gasteiger partial charge is 0.330 e. The minimum absolute atomic E-state index is 0.247. The average molecular weight is 149 g/mol. The van der Waals surface area contributed by atoms with Gasteiger partial charge in [-0.2, -0.15) is 0 Å². The predicted octanol–water partition coefficient (Wildman–Crippen LogP) is -3.06. The molecular formula is C4H11N3O3. The van der Waals surface area contributed by atoms with Crippen LogP contribution in [-0.4, -0.2) is 46.3 Å². The van der Waals surface area contributed by atoms with E-state index in [2.05, 4.69) is 10.6 Å². The summed E-state index contributed by atoms with van der Waals surface area (Å²) in [5.41, 5.74) is 0. The third-order valence-electron chi connectivity index (χ3n) is 1.28. The Hall–Kier alpha value is -0.240. The summed E-state index contributed by atoms with van der Waals surface area (Å²) in [5, 5.41) is 31.4. The Labute approximate surface area is 58.1 Å². The van der Waals surface area contributed by atoms with Gasteiger partial charge in [-0.05, 0) is 0 Å². The van der Waals surface area contributed by atoms with E-state index in [4.69, 9.17) is 15.3 Å². The van der Waals surface area contributed by atoms with Crippen molar-refractivity contribution in [3.8, 4) is 0 Å². The zero-order valence-electron chi connectivity index (χ0n) is 5.41. The van der Waals surface area contributed by atoms with E-state index in [-0.39, 0.29) is 13.3 Å². The van der Waals surface area contributed by atoms with E-state index in [1.165, 1.54) is 0 Å². The first kappa shape index (κ1) is 7.86. The van der Waals surface area contributed by atoms with Gasteiger partial charge in [0.25, 0.3) is 0 Å². The Morgan fingerprint density at radius 2 is 1.60 bits per heavy atom. The van der Waals surface area contributed by atoms with Crippen molar-refractivity contribution >= 4 is 0 Å². The molecule has 10 heavy (non-hydrogen) atoms. The highest BCUT2D eigenvalue weighted by Crippen LogP contribution is 2.01. The lowest BCUT2D eigenvalue weighted by Gasteiger charge is -2.33. The molecule has 6 nitrogen and oxygen atoms in total. The molecule has 1 aliphatic heterocycles. The maximum atomic E-state index is 8.60. The SMILES string of the molecule is OC(O)(O)N1CNCNC1. The molecule has 0 aromatic carbocycles. The predicted molar refractivity (Wildman–Crippen MR) is 32.1 cm³/mol. The van der Waals surface area contributed by atoms with Crippen LogP contribution in [-0.2, 0) is 0 Å². The number of hydrogen-bond acceptors (Lipinski definition) is 6. The van der Waals surface area contributed by atoms with Crippen LogP contribution in [0.3, 0.4) is 0 Å². The van der Waals surface area contributed by atoms with Gasteiger partial charge in [0, 0.05) is 6.67 Å². The molecule has 1 heterocycles. The van der Waals surface area contributed by atoms with E-state index in [0.717, 1.165) is 4.90 Å². The van der Waals surface area contributed by atoms with Crippen molar-refractivity contribution in [1.29, 1.82) is 0 Å². The molecule has 1 saturated heterocycles. The summed E-state index contributed by atoms with van der Waals surface area (Å²) in [4.78, 5) is 1.02. The molecule has 0 amide bonds. The minimum Gasteiger partial charge on any atom is -0.330 e. The van der Waals surface area contributed by atoms with Crippen molar-refractivity contribution in [2.75, 3.05) is 20.0 Å². The number of nitrogens with zero attached hydrogens (tertiary/aromatic N) is 1. The van der Waals surface area contributed by atoms with Crippen molar-refractivity contribution in [2.24, 2.45) is 0 Å². The van der Waals surface area contributed by atoms with Gasteiger partial charge in [0.15, 0.2) is 0 Å². The van der Waals surface area contributed by atoms with Crippen LogP contribution >= 0.6 is 0 Å². The van der Waals surface area contributed by atoms with Crippen molar-refractivity contribution in [1.82, 2.24) is 15.5 Å². The van der Waals surface area contributed by atoms with Crippen LogP contribution in [0.5, 0.6) is 0 Å². The molecule has 0 bridgehead atoms. The van der Waals surface area contributed by atoms with Crippen molar-refractivity contribution < 1.29 is 15.3 Å². The lowest BCUT2D eigenvalue weighted by molar-refractivity contribution is -0.397. The van der Waals surface area contributed by atoms with Crippen LogP contribution in [0.1, 0.15) is 0 Å². The molecule has 0 spiro atoms. The molecule has 0 aromatic heterocycles. The van der Waals surface area contributed by atoms with Crippen molar-refractivity contribution in [2.45, 2.75) is 6.10 Å². The molecule has 0 unspecified atom stereocenters. The molecule has 0 radical (unpaired) electrons. The Balaban J connectivity index is 2.39. The topological polar surface area (TPSA) is 88.0 Å². The monoisotopic (exact) mass is 149 g/mol. The third-order valence-corrected chi connectivity index (χ3v) is 1.28. The second-order valence-corrected chi connectivity index (χ2v) is 2.13. The summed E-state index contributed by atoms with van der Waals surface area (Å²) in [7, 11) is 0. The highest BCUT2D eigenvalue weighted by molar-refractivity contribution is 4.60. The Morgan fingerprint density at radius 1 is 1.10 bits per heavy atom. The molecule has 1 aliphatic rings. The Bertz CT molecular complexity index is 107. The Morgan fingerprint density at radius 3 is 1.90 bits per heavy atom. The largest absolute Gasteiger partial charge is 0.347 e. The van der Waals surface area contributed by atoms with Gasteiger partial charge in [-0.3, -0.25) is 10.6 Å². The standard InChI is InChI=1S/C4H11N3O3/c8-4(9,10)7-2-5-1-6-3-7/h5-6,8-10H,1-3H2. The van der Waals surface area contributed by atoms with Crippen LogP contribution in [0.4, 0.5) is 0 Å². The second-order valence-electron chi connectivity index (χ2n) is 2.13. The molecule has 1 fully saturated rings.